The highest BCUT2D eigenvalue weighted by Crippen LogP contribution is 2.29. The average molecular weight is 303 g/mol. The van der Waals surface area contributed by atoms with E-state index < -0.39 is 10.0 Å². The summed E-state index contributed by atoms with van der Waals surface area (Å²) >= 11 is 16.3. The molecule has 0 radical (unpaired) electrons. The Labute approximate surface area is 117 Å². The molecule has 1 unspecified atom stereocenters. The molecule has 0 aromatic carbocycles. The predicted molar refractivity (Wildman–Crippen MR) is 70.2 cm³/mol. The Morgan fingerprint density at radius 2 is 1.88 bits per heavy atom. The van der Waals surface area contributed by atoms with Crippen LogP contribution in [-0.2, 0) is 4.79 Å². The molecule has 100 valence electrons. The van der Waals surface area contributed by atoms with Crippen LogP contribution < -0.4 is 5.32 Å². The third kappa shape index (κ3) is 6.14. The van der Waals surface area contributed by atoms with Crippen LogP contribution in [0.4, 0.5) is 0 Å². The topological polar surface area (TPSA) is 49.3 Å². The second-order valence-electron chi connectivity index (χ2n) is 4.55. The fourth-order valence-corrected chi connectivity index (χ4v) is 2.28. The molecular formula is C11H18Cl3NO2. The number of amides is 1. The molecule has 1 saturated carbocycles. The van der Waals surface area contributed by atoms with Crippen molar-refractivity contribution in [3.63, 3.8) is 0 Å². The molecule has 1 atom stereocenters. The van der Waals surface area contributed by atoms with Crippen molar-refractivity contribution in [1.82, 2.24) is 5.32 Å². The molecule has 0 bridgehead atoms. The lowest BCUT2D eigenvalue weighted by molar-refractivity contribution is -0.124. The Morgan fingerprint density at radius 1 is 1.29 bits per heavy atom. The number of nitrogens with one attached hydrogen (secondary N) is 1. The van der Waals surface area contributed by atoms with E-state index >= 15 is 0 Å². The third-order valence-electron chi connectivity index (χ3n) is 3.11. The van der Waals surface area contributed by atoms with Crippen molar-refractivity contribution in [2.75, 3.05) is 0 Å². The highest BCUT2D eigenvalue weighted by atomic mass is 35.6. The molecule has 1 aliphatic rings. The zero-order valence-electron chi connectivity index (χ0n) is 9.59. The van der Waals surface area contributed by atoms with Crippen LogP contribution in [0.5, 0.6) is 0 Å². The first-order valence-corrected chi connectivity index (χ1v) is 7.07. The van der Waals surface area contributed by atoms with Crippen LogP contribution in [0.15, 0.2) is 0 Å². The highest BCUT2D eigenvalue weighted by molar-refractivity contribution is 6.68. The van der Waals surface area contributed by atoms with Crippen molar-refractivity contribution in [2.24, 2.45) is 5.92 Å². The number of alkyl halides is 3. The molecule has 1 amide bonds. The van der Waals surface area contributed by atoms with Crippen molar-refractivity contribution >= 4 is 40.7 Å². The van der Waals surface area contributed by atoms with Gasteiger partial charge >= 0.3 is 0 Å². The molecule has 1 rings (SSSR count). The van der Waals surface area contributed by atoms with Gasteiger partial charge in [0, 0.05) is 6.42 Å². The Kier molecular flexibility index (Phi) is 6.35. The molecule has 0 aliphatic heterocycles. The minimum Gasteiger partial charge on any atom is -0.369 e. The normalized spacial score (nSPS) is 20.0. The fourth-order valence-electron chi connectivity index (χ4n) is 2.12. The Balaban J connectivity index is 2.20. The molecule has 2 N–H and O–H groups in total. The number of carbonyl (C=O) groups is 1. The number of hydrogen-bond acceptors (Lipinski definition) is 2. The maximum Gasteiger partial charge on any atom is 0.234 e. The van der Waals surface area contributed by atoms with E-state index in [0.29, 0.717) is 12.3 Å². The van der Waals surface area contributed by atoms with Gasteiger partial charge in [-0.3, -0.25) is 4.79 Å². The standard InChI is InChI=1S/C11H18Cl3NO2/c12-11(13,14)10(17)15-9(16)7-6-8-4-2-1-3-5-8/h8,10,17H,1-7H2,(H,15,16). The average Bonchev–Trinajstić information content (AvgIpc) is 2.26. The number of aliphatic hydroxyl groups excluding tert-OH is 1. The maximum atomic E-state index is 11.5. The van der Waals surface area contributed by atoms with Crippen LogP contribution in [-0.4, -0.2) is 21.0 Å². The summed E-state index contributed by atoms with van der Waals surface area (Å²) in [6.45, 7) is 0. The summed E-state index contributed by atoms with van der Waals surface area (Å²) in [4.78, 5) is 11.5. The molecule has 0 aromatic heterocycles. The van der Waals surface area contributed by atoms with Crippen LogP contribution in [0, 0.1) is 5.92 Å². The van der Waals surface area contributed by atoms with Gasteiger partial charge in [-0.05, 0) is 12.3 Å². The van der Waals surface area contributed by atoms with E-state index in [1.54, 1.807) is 0 Å². The van der Waals surface area contributed by atoms with Crippen molar-refractivity contribution in [3.8, 4) is 0 Å². The van der Waals surface area contributed by atoms with Crippen LogP contribution >= 0.6 is 34.8 Å². The van der Waals surface area contributed by atoms with Gasteiger partial charge in [-0.2, -0.15) is 0 Å². The lowest BCUT2D eigenvalue weighted by Gasteiger charge is -2.23. The SMILES string of the molecule is O=C(CCC1CCCCC1)NC(O)C(Cl)(Cl)Cl. The van der Waals surface area contributed by atoms with Gasteiger partial charge in [-0.1, -0.05) is 66.9 Å². The zero-order valence-corrected chi connectivity index (χ0v) is 11.9. The molecule has 17 heavy (non-hydrogen) atoms. The Hall–Kier alpha value is 0.300. The Morgan fingerprint density at radius 3 is 2.41 bits per heavy atom. The van der Waals surface area contributed by atoms with E-state index in [-0.39, 0.29) is 5.91 Å². The van der Waals surface area contributed by atoms with Gasteiger partial charge in [0.2, 0.25) is 9.70 Å². The smallest absolute Gasteiger partial charge is 0.234 e. The predicted octanol–water partition coefficient (Wildman–Crippen LogP) is 3.15. The van der Waals surface area contributed by atoms with E-state index in [1.165, 1.54) is 32.1 Å². The highest BCUT2D eigenvalue weighted by Gasteiger charge is 2.32. The second kappa shape index (κ2) is 7.03. The summed E-state index contributed by atoms with van der Waals surface area (Å²) in [6, 6.07) is 0. The van der Waals surface area contributed by atoms with E-state index in [9.17, 15) is 9.90 Å². The lowest BCUT2D eigenvalue weighted by Crippen LogP contribution is -2.43. The number of halogens is 3. The molecule has 1 fully saturated rings. The quantitative estimate of drug-likeness (QED) is 0.619. The first-order chi connectivity index (χ1) is 7.89. The molecule has 0 saturated heterocycles. The van der Waals surface area contributed by atoms with Crippen molar-refractivity contribution in [2.45, 2.75) is 55.0 Å². The van der Waals surface area contributed by atoms with Gasteiger partial charge in [-0.25, -0.2) is 0 Å². The molecule has 6 heteroatoms. The first kappa shape index (κ1) is 15.4. The number of hydrogen-bond donors (Lipinski definition) is 2. The molecule has 0 heterocycles. The number of carbonyl (C=O) groups excluding carboxylic acids is 1. The summed E-state index contributed by atoms with van der Waals surface area (Å²) in [7, 11) is 0. The van der Waals surface area contributed by atoms with Crippen LogP contribution in [0.3, 0.4) is 0 Å². The van der Waals surface area contributed by atoms with Gasteiger partial charge in [0.15, 0.2) is 6.23 Å². The molecule has 3 nitrogen and oxygen atoms in total. The third-order valence-corrected chi connectivity index (χ3v) is 3.73. The minimum atomic E-state index is -1.87. The van der Waals surface area contributed by atoms with E-state index in [0.717, 1.165) is 6.42 Å². The van der Waals surface area contributed by atoms with E-state index in [1.807, 2.05) is 0 Å². The van der Waals surface area contributed by atoms with Gasteiger partial charge in [0.05, 0.1) is 0 Å². The summed E-state index contributed by atoms with van der Waals surface area (Å²) in [5.74, 6) is 0.355. The molecule has 0 spiro atoms. The largest absolute Gasteiger partial charge is 0.369 e. The van der Waals surface area contributed by atoms with Gasteiger partial charge in [0.25, 0.3) is 0 Å². The summed E-state index contributed by atoms with van der Waals surface area (Å²) in [5.41, 5.74) is 0. The number of aliphatic hydroxyl groups is 1. The van der Waals surface area contributed by atoms with Gasteiger partial charge < -0.3 is 10.4 Å². The second-order valence-corrected chi connectivity index (χ2v) is 6.92. The van der Waals surface area contributed by atoms with Crippen molar-refractivity contribution in [3.05, 3.63) is 0 Å². The molecule has 0 aromatic rings. The van der Waals surface area contributed by atoms with Crippen molar-refractivity contribution < 1.29 is 9.90 Å². The minimum absolute atomic E-state index is 0.269. The zero-order chi connectivity index (χ0) is 12.9. The Bertz CT molecular complexity index is 250. The molecular weight excluding hydrogens is 284 g/mol. The van der Waals surface area contributed by atoms with E-state index in [2.05, 4.69) is 5.32 Å². The van der Waals surface area contributed by atoms with Gasteiger partial charge in [-0.15, -0.1) is 0 Å². The monoisotopic (exact) mass is 301 g/mol. The lowest BCUT2D eigenvalue weighted by atomic mass is 9.86. The maximum absolute atomic E-state index is 11.5. The first-order valence-electron chi connectivity index (χ1n) is 5.93. The van der Waals surface area contributed by atoms with Crippen molar-refractivity contribution in [1.29, 1.82) is 0 Å². The summed E-state index contributed by atoms with van der Waals surface area (Å²) < 4.78 is -1.87. The van der Waals surface area contributed by atoms with Crippen LogP contribution in [0.1, 0.15) is 44.9 Å². The van der Waals surface area contributed by atoms with Crippen LogP contribution in [0.2, 0.25) is 0 Å². The number of rotatable bonds is 4. The summed E-state index contributed by atoms with van der Waals surface area (Å²) in [5, 5.41) is 11.6. The van der Waals surface area contributed by atoms with Crippen LogP contribution in [0.25, 0.3) is 0 Å². The molecule has 1 aliphatic carbocycles. The summed E-state index contributed by atoms with van der Waals surface area (Å²) in [6.07, 6.45) is 5.97. The van der Waals surface area contributed by atoms with Gasteiger partial charge in [0.1, 0.15) is 0 Å². The van der Waals surface area contributed by atoms with E-state index in [4.69, 9.17) is 34.8 Å². The fraction of sp³-hybridized carbons (Fsp3) is 0.909.